The fraction of sp³-hybridized carbons (Fsp3) is 0.538. The van der Waals surface area contributed by atoms with Crippen molar-refractivity contribution in [1.29, 1.82) is 0 Å². The van der Waals surface area contributed by atoms with Gasteiger partial charge in [0.1, 0.15) is 0 Å². The van der Waals surface area contributed by atoms with E-state index in [4.69, 9.17) is 17.3 Å². The largest absolute Gasteiger partial charge is 0.329 e. The van der Waals surface area contributed by atoms with Crippen LogP contribution in [0.5, 0.6) is 0 Å². The van der Waals surface area contributed by atoms with Gasteiger partial charge >= 0.3 is 0 Å². The molecule has 2 N–H and O–H groups in total. The van der Waals surface area contributed by atoms with E-state index in [0.29, 0.717) is 6.54 Å². The maximum Gasteiger partial charge on any atom is 0.0482 e. The Morgan fingerprint density at radius 3 is 2.83 bits per heavy atom. The van der Waals surface area contributed by atoms with Gasteiger partial charge in [-0.3, -0.25) is 4.90 Å². The molecule has 1 aromatic carbocycles. The number of nitrogens with zero attached hydrogens (tertiary/aromatic N) is 1. The Labute approximate surface area is 127 Å². The third-order valence-electron chi connectivity index (χ3n) is 2.93. The number of likely N-dealkylation sites (N-methyl/N-ethyl adjacent to an activating group) is 1. The highest BCUT2D eigenvalue weighted by atomic mass is 79.9. The molecule has 0 aromatic heterocycles. The van der Waals surface area contributed by atoms with Gasteiger partial charge in [-0.2, -0.15) is 11.8 Å². The number of thioether (sulfide) groups is 1. The number of halogens is 2. The Kier molecular flexibility index (Phi) is 7.64. The number of hydrogen-bond acceptors (Lipinski definition) is 3. The van der Waals surface area contributed by atoms with Crippen LogP contribution in [-0.4, -0.2) is 37.0 Å². The summed E-state index contributed by atoms with van der Waals surface area (Å²) >= 11 is 11.6. The normalized spacial score (nSPS) is 13.0. The first kappa shape index (κ1) is 16.3. The molecule has 5 heteroatoms. The van der Waals surface area contributed by atoms with Crippen LogP contribution in [0.15, 0.2) is 22.7 Å². The zero-order valence-electron chi connectivity index (χ0n) is 10.8. The Balaban J connectivity index is 2.78. The standard InChI is InChI=1S/C13H20BrClN2S/c1-17(6-3-7-18-2)13(9-16)11-8-10(14)4-5-12(11)15/h4-5,8,13H,3,6-7,9,16H2,1-2H3. The van der Waals surface area contributed by atoms with Gasteiger partial charge in [-0.15, -0.1) is 0 Å². The molecule has 1 atom stereocenters. The van der Waals surface area contributed by atoms with Gasteiger partial charge in [-0.25, -0.2) is 0 Å². The summed E-state index contributed by atoms with van der Waals surface area (Å²) in [6.07, 6.45) is 3.30. The van der Waals surface area contributed by atoms with Crippen LogP contribution in [-0.2, 0) is 0 Å². The lowest BCUT2D eigenvalue weighted by Crippen LogP contribution is -2.31. The maximum atomic E-state index is 6.27. The zero-order valence-corrected chi connectivity index (χ0v) is 14.0. The van der Waals surface area contributed by atoms with E-state index in [1.54, 1.807) is 0 Å². The highest BCUT2D eigenvalue weighted by Gasteiger charge is 2.18. The first-order valence-corrected chi connectivity index (χ1v) is 8.50. The van der Waals surface area contributed by atoms with E-state index in [9.17, 15) is 0 Å². The Bertz CT molecular complexity index is 376. The van der Waals surface area contributed by atoms with E-state index < -0.39 is 0 Å². The molecule has 0 aliphatic carbocycles. The molecule has 0 radical (unpaired) electrons. The van der Waals surface area contributed by atoms with E-state index >= 15 is 0 Å². The van der Waals surface area contributed by atoms with Crippen molar-refractivity contribution in [2.45, 2.75) is 12.5 Å². The lowest BCUT2D eigenvalue weighted by molar-refractivity contribution is 0.251. The average Bonchev–Trinajstić information content (AvgIpc) is 2.35. The summed E-state index contributed by atoms with van der Waals surface area (Å²) in [5.74, 6) is 1.17. The smallest absolute Gasteiger partial charge is 0.0482 e. The molecule has 18 heavy (non-hydrogen) atoms. The fourth-order valence-electron chi connectivity index (χ4n) is 1.93. The topological polar surface area (TPSA) is 29.3 Å². The molecule has 1 aromatic rings. The third-order valence-corrected chi connectivity index (χ3v) is 4.47. The predicted molar refractivity (Wildman–Crippen MR) is 86.6 cm³/mol. The Morgan fingerprint density at radius 1 is 1.50 bits per heavy atom. The maximum absolute atomic E-state index is 6.27. The number of hydrogen-bond donors (Lipinski definition) is 1. The Morgan fingerprint density at radius 2 is 2.22 bits per heavy atom. The van der Waals surface area contributed by atoms with E-state index in [1.807, 2.05) is 23.9 Å². The van der Waals surface area contributed by atoms with Gasteiger partial charge < -0.3 is 5.73 Å². The van der Waals surface area contributed by atoms with E-state index in [2.05, 4.69) is 40.2 Å². The second-order valence-electron chi connectivity index (χ2n) is 4.24. The summed E-state index contributed by atoms with van der Waals surface area (Å²) in [4.78, 5) is 2.28. The van der Waals surface area contributed by atoms with Crippen LogP contribution >= 0.6 is 39.3 Å². The molecule has 0 aliphatic heterocycles. The molecule has 0 bridgehead atoms. The van der Waals surface area contributed by atoms with Crippen molar-refractivity contribution in [2.24, 2.45) is 5.73 Å². The van der Waals surface area contributed by atoms with Crippen LogP contribution in [0, 0.1) is 0 Å². The van der Waals surface area contributed by atoms with Crippen LogP contribution in [0.2, 0.25) is 5.02 Å². The van der Waals surface area contributed by atoms with Crippen molar-refractivity contribution in [3.05, 3.63) is 33.3 Å². The highest BCUT2D eigenvalue weighted by molar-refractivity contribution is 9.10. The first-order valence-electron chi connectivity index (χ1n) is 5.94. The van der Waals surface area contributed by atoms with Crippen molar-refractivity contribution < 1.29 is 0 Å². The van der Waals surface area contributed by atoms with Crippen LogP contribution in [0.1, 0.15) is 18.0 Å². The van der Waals surface area contributed by atoms with Crippen LogP contribution in [0.4, 0.5) is 0 Å². The number of rotatable bonds is 7. The number of benzene rings is 1. The van der Waals surface area contributed by atoms with Gasteiger partial charge in [-0.1, -0.05) is 27.5 Å². The van der Waals surface area contributed by atoms with Crippen molar-refractivity contribution in [3.63, 3.8) is 0 Å². The van der Waals surface area contributed by atoms with Gasteiger partial charge in [0.15, 0.2) is 0 Å². The molecule has 0 saturated carbocycles. The predicted octanol–water partition coefficient (Wildman–Crippen LogP) is 3.79. The lowest BCUT2D eigenvalue weighted by atomic mass is 10.1. The molecule has 0 spiro atoms. The second kappa shape index (κ2) is 8.43. The Hall–Kier alpha value is 0.260. The SMILES string of the molecule is CSCCCN(C)C(CN)c1cc(Br)ccc1Cl. The fourth-order valence-corrected chi connectivity index (χ4v) is 2.97. The molecule has 0 aliphatic rings. The molecule has 102 valence electrons. The number of nitrogens with two attached hydrogens (primary N) is 1. The molecular weight excluding hydrogens is 332 g/mol. The summed E-state index contributed by atoms with van der Waals surface area (Å²) < 4.78 is 1.04. The average molecular weight is 352 g/mol. The van der Waals surface area contributed by atoms with Crippen LogP contribution in [0.25, 0.3) is 0 Å². The van der Waals surface area contributed by atoms with Crippen molar-refractivity contribution in [1.82, 2.24) is 4.90 Å². The minimum absolute atomic E-state index is 0.178. The molecule has 2 nitrogen and oxygen atoms in total. The van der Waals surface area contributed by atoms with Crippen LogP contribution < -0.4 is 5.73 Å². The second-order valence-corrected chi connectivity index (χ2v) is 6.55. The summed E-state index contributed by atoms with van der Waals surface area (Å²) in [6.45, 7) is 1.61. The molecule has 1 unspecified atom stereocenters. The molecule has 0 heterocycles. The molecule has 1 rings (SSSR count). The highest BCUT2D eigenvalue weighted by Crippen LogP contribution is 2.29. The quantitative estimate of drug-likeness (QED) is 0.758. The van der Waals surface area contributed by atoms with Crippen molar-refractivity contribution >= 4 is 39.3 Å². The van der Waals surface area contributed by atoms with E-state index in [-0.39, 0.29) is 6.04 Å². The molecule has 0 fully saturated rings. The monoisotopic (exact) mass is 350 g/mol. The van der Waals surface area contributed by atoms with Gasteiger partial charge in [0.05, 0.1) is 0 Å². The summed E-state index contributed by atoms with van der Waals surface area (Å²) in [5, 5.41) is 0.783. The lowest BCUT2D eigenvalue weighted by Gasteiger charge is -2.28. The van der Waals surface area contributed by atoms with Gasteiger partial charge in [-0.05, 0) is 55.8 Å². The summed E-state index contributed by atoms with van der Waals surface area (Å²) in [6, 6.07) is 6.11. The van der Waals surface area contributed by atoms with Crippen molar-refractivity contribution in [3.8, 4) is 0 Å². The minimum Gasteiger partial charge on any atom is -0.329 e. The molecule has 0 amide bonds. The van der Waals surface area contributed by atoms with Gasteiger partial charge in [0.25, 0.3) is 0 Å². The molecule has 0 saturated heterocycles. The zero-order chi connectivity index (χ0) is 13.5. The van der Waals surface area contributed by atoms with Crippen LogP contribution in [0.3, 0.4) is 0 Å². The van der Waals surface area contributed by atoms with Gasteiger partial charge in [0, 0.05) is 22.1 Å². The minimum atomic E-state index is 0.178. The van der Waals surface area contributed by atoms with E-state index in [1.165, 1.54) is 12.2 Å². The summed E-state index contributed by atoms with van der Waals surface area (Å²) in [7, 11) is 2.11. The van der Waals surface area contributed by atoms with E-state index in [0.717, 1.165) is 21.6 Å². The summed E-state index contributed by atoms with van der Waals surface area (Å²) in [5.41, 5.74) is 7.01. The molecular formula is C13H20BrClN2S. The first-order chi connectivity index (χ1) is 8.60. The third kappa shape index (κ3) is 4.74. The van der Waals surface area contributed by atoms with Crippen molar-refractivity contribution in [2.75, 3.05) is 32.1 Å². The van der Waals surface area contributed by atoms with Gasteiger partial charge in [0.2, 0.25) is 0 Å².